The lowest BCUT2D eigenvalue weighted by Gasteiger charge is -2.06. The monoisotopic (exact) mass is 284 g/mol. The first-order valence-corrected chi connectivity index (χ1v) is 6.64. The zero-order valence-corrected chi connectivity index (χ0v) is 12.2. The second kappa shape index (κ2) is 4.73. The van der Waals surface area contributed by atoms with Crippen molar-refractivity contribution < 1.29 is 9.90 Å². The lowest BCUT2D eigenvalue weighted by molar-refractivity contribution is -0.137. The van der Waals surface area contributed by atoms with Crippen LogP contribution in [0, 0.1) is 13.8 Å². The first kappa shape index (κ1) is 13.4. The zero-order chi connectivity index (χ0) is 15.1. The molecule has 0 saturated carbocycles. The van der Waals surface area contributed by atoms with Crippen molar-refractivity contribution in [2.24, 2.45) is 7.05 Å². The quantitative estimate of drug-likeness (QED) is 0.799. The van der Waals surface area contributed by atoms with Crippen molar-refractivity contribution in [2.45, 2.75) is 20.4 Å². The number of aliphatic carboxylic acids is 1. The summed E-state index contributed by atoms with van der Waals surface area (Å²) in [5.41, 5.74) is 4.70. The van der Waals surface area contributed by atoms with Gasteiger partial charge >= 0.3 is 5.97 Å². The van der Waals surface area contributed by atoms with Crippen LogP contribution in [0.25, 0.3) is 22.4 Å². The van der Waals surface area contributed by atoms with Crippen LogP contribution in [0.1, 0.15) is 11.1 Å². The standard InChI is InChI=1S/C15H16N4O2/c1-9-4-12-13(5-10(9)2)19(8-14(20)21)15(17-12)11-6-16-18(3)7-11/h4-7H,8H2,1-3H3,(H,20,21). The third-order valence-corrected chi connectivity index (χ3v) is 3.62. The largest absolute Gasteiger partial charge is 0.480 e. The molecule has 0 unspecified atom stereocenters. The molecule has 3 rings (SSSR count). The summed E-state index contributed by atoms with van der Waals surface area (Å²) in [5.74, 6) is -0.261. The van der Waals surface area contributed by atoms with E-state index in [2.05, 4.69) is 10.1 Å². The Kier molecular flexibility index (Phi) is 3.01. The van der Waals surface area contributed by atoms with E-state index in [-0.39, 0.29) is 6.54 Å². The molecule has 1 aromatic carbocycles. The second-order valence-electron chi connectivity index (χ2n) is 5.24. The molecular formula is C15H16N4O2. The number of carboxylic acids is 1. The van der Waals surface area contributed by atoms with Crippen LogP contribution >= 0.6 is 0 Å². The Morgan fingerprint density at radius 3 is 2.62 bits per heavy atom. The average molecular weight is 284 g/mol. The molecule has 6 heteroatoms. The van der Waals surface area contributed by atoms with Crippen molar-refractivity contribution in [3.05, 3.63) is 35.7 Å². The van der Waals surface area contributed by atoms with Crippen LogP contribution in [0.2, 0.25) is 0 Å². The van der Waals surface area contributed by atoms with Crippen LogP contribution in [0.15, 0.2) is 24.5 Å². The minimum Gasteiger partial charge on any atom is -0.480 e. The third kappa shape index (κ3) is 2.29. The molecule has 0 bridgehead atoms. The zero-order valence-electron chi connectivity index (χ0n) is 12.2. The molecule has 2 aromatic heterocycles. The summed E-state index contributed by atoms with van der Waals surface area (Å²) >= 11 is 0. The highest BCUT2D eigenvalue weighted by atomic mass is 16.4. The molecule has 0 amide bonds. The topological polar surface area (TPSA) is 72.9 Å². The van der Waals surface area contributed by atoms with Gasteiger partial charge in [-0.25, -0.2) is 4.98 Å². The Labute approximate surface area is 121 Å². The number of benzene rings is 1. The number of hydrogen-bond acceptors (Lipinski definition) is 3. The first-order chi connectivity index (χ1) is 9.95. The van der Waals surface area contributed by atoms with Crippen molar-refractivity contribution in [3.63, 3.8) is 0 Å². The van der Waals surface area contributed by atoms with Gasteiger partial charge in [0.25, 0.3) is 0 Å². The number of fused-ring (bicyclic) bond motifs is 1. The maximum Gasteiger partial charge on any atom is 0.323 e. The number of aryl methyl sites for hydroxylation is 3. The van der Waals surface area contributed by atoms with E-state index in [1.807, 2.05) is 39.2 Å². The summed E-state index contributed by atoms with van der Waals surface area (Å²) < 4.78 is 3.40. The molecule has 1 N–H and O–H groups in total. The van der Waals surface area contributed by atoms with Gasteiger partial charge in [0.05, 0.1) is 22.8 Å². The molecule has 0 fully saturated rings. The van der Waals surface area contributed by atoms with Crippen molar-refractivity contribution in [1.29, 1.82) is 0 Å². The minimum atomic E-state index is -0.891. The van der Waals surface area contributed by atoms with Crippen LogP contribution < -0.4 is 0 Å². The van der Waals surface area contributed by atoms with E-state index in [0.717, 1.165) is 27.7 Å². The molecule has 6 nitrogen and oxygen atoms in total. The second-order valence-corrected chi connectivity index (χ2v) is 5.24. The number of aromatic nitrogens is 4. The summed E-state index contributed by atoms with van der Waals surface area (Å²) in [7, 11) is 1.82. The molecule has 0 aliphatic heterocycles. The van der Waals surface area contributed by atoms with Crippen LogP contribution in [0.5, 0.6) is 0 Å². The molecule has 0 radical (unpaired) electrons. The summed E-state index contributed by atoms with van der Waals surface area (Å²) in [6, 6.07) is 3.98. The minimum absolute atomic E-state index is 0.122. The summed E-state index contributed by atoms with van der Waals surface area (Å²) in [4.78, 5) is 15.8. The van der Waals surface area contributed by atoms with E-state index in [0.29, 0.717) is 5.82 Å². The Morgan fingerprint density at radius 2 is 2.00 bits per heavy atom. The van der Waals surface area contributed by atoms with Gasteiger partial charge in [-0.15, -0.1) is 0 Å². The van der Waals surface area contributed by atoms with Gasteiger partial charge in [-0.1, -0.05) is 0 Å². The molecule has 2 heterocycles. The molecule has 21 heavy (non-hydrogen) atoms. The van der Waals surface area contributed by atoms with Crippen LogP contribution in [-0.2, 0) is 18.4 Å². The first-order valence-electron chi connectivity index (χ1n) is 6.64. The normalized spacial score (nSPS) is 11.2. The number of carbonyl (C=O) groups is 1. The predicted molar refractivity (Wildman–Crippen MR) is 79.0 cm³/mol. The molecule has 0 aliphatic carbocycles. The van der Waals surface area contributed by atoms with Gasteiger partial charge in [0, 0.05) is 13.2 Å². The molecule has 0 atom stereocenters. The molecule has 108 valence electrons. The molecule has 0 saturated heterocycles. The van der Waals surface area contributed by atoms with Crippen LogP contribution in [0.3, 0.4) is 0 Å². The van der Waals surface area contributed by atoms with E-state index in [4.69, 9.17) is 0 Å². The van der Waals surface area contributed by atoms with E-state index < -0.39 is 5.97 Å². The van der Waals surface area contributed by atoms with Crippen LogP contribution in [-0.4, -0.2) is 30.4 Å². The highest BCUT2D eigenvalue weighted by Crippen LogP contribution is 2.26. The summed E-state index contributed by atoms with van der Waals surface area (Å²) in [6.07, 6.45) is 3.53. The number of rotatable bonds is 3. The fourth-order valence-corrected chi connectivity index (χ4v) is 2.43. The summed E-state index contributed by atoms with van der Waals surface area (Å²) in [5, 5.41) is 13.3. The maximum absolute atomic E-state index is 11.2. The molecule has 0 spiro atoms. The van der Waals surface area contributed by atoms with Crippen molar-refractivity contribution in [1.82, 2.24) is 19.3 Å². The highest BCUT2D eigenvalue weighted by Gasteiger charge is 2.16. The van der Waals surface area contributed by atoms with Gasteiger partial charge in [-0.2, -0.15) is 5.10 Å². The Hall–Kier alpha value is -2.63. The SMILES string of the molecule is Cc1cc2nc(-c3cnn(C)c3)n(CC(=O)O)c2cc1C. The van der Waals surface area contributed by atoms with Gasteiger partial charge in [-0.05, 0) is 37.1 Å². The van der Waals surface area contributed by atoms with E-state index in [1.54, 1.807) is 15.4 Å². The Balaban J connectivity index is 2.29. The van der Waals surface area contributed by atoms with Crippen molar-refractivity contribution in [3.8, 4) is 11.4 Å². The molecule has 3 aromatic rings. The van der Waals surface area contributed by atoms with Crippen molar-refractivity contribution in [2.75, 3.05) is 0 Å². The molecular weight excluding hydrogens is 268 g/mol. The van der Waals surface area contributed by atoms with Gasteiger partial charge < -0.3 is 9.67 Å². The van der Waals surface area contributed by atoms with E-state index in [1.165, 1.54) is 0 Å². The smallest absolute Gasteiger partial charge is 0.323 e. The lowest BCUT2D eigenvalue weighted by atomic mass is 10.1. The molecule has 0 aliphatic rings. The van der Waals surface area contributed by atoms with Gasteiger partial charge in [0.2, 0.25) is 0 Å². The van der Waals surface area contributed by atoms with Crippen LogP contribution in [0.4, 0.5) is 0 Å². The number of imidazole rings is 1. The Morgan fingerprint density at radius 1 is 1.29 bits per heavy atom. The van der Waals surface area contributed by atoms with Gasteiger partial charge in [-0.3, -0.25) is 9.48 Å². The lowest BCUT2D eigenvalue weighted by Crippen LogP contribution is -2.10. The summed E-state index contributed by atoms with van der Waals surface area (Å²) in [6.45, 7) is 3.91. The highest BCUT2D eigenvalue weighted by molar-refractivity contribution is 5.84. The predicted octanol–water partition coefficient (Wildman–Crippen LogP) is 2.14. The number of hydrogen-bond donors (Lipinski definition) is 1. The van der Waals surface area contributed by atoms with Gasteiger partial charge in [0.15, 0.2) is 0 Å². The van der Waals surface area contributed by atoms with Gasteiger partial charge in [0.1, 0.15) is 12.4 Å². The number of nitrogens with zero attached hydrogens (tertiary/aromatic N) is 4. The fourth-order valence-electron chi connectivity index (χ4n) is 2.43. The maximum atomic E-state index is 11.2. The van der Waals surface area contributed by atoms with Crippen molar-refractivity contribution >= 4 is 17.0 Å². The average Bonchev–Trinajstić information content (AvgIpc) is 2.95. The van der Waals surface area contributed by atoms with E-state index in [9.17, 15) is 9.90 Å². The fraction of sp³-hybridized carbons (Fsp3) is 0.267. The van der Waals surface area contributed by atoms with E-state index >= 15 is 0 Å². The Bertz CT molecular complexity index is 845. The third-order valence-electron chi connectivity index (χ3n) is 3.62. The number of carboxylic acid groups (broad SMARTS) is 1.